The first kappa shape index (κ1) is 26.4. The molecule has 3 aromatic carbocycles. The maximum Gasteiger partial charge on any atom is 0.325 e. The number of benzene rings is 3. The average molecular weight is 541 g/mol. The van der Waals surface area contributed by atoms with E-state index in [1.165, 1.54) is 10.5 Å². The van der Waals surface area contributed by atoms with Crippen LogP contribution < -0.4 is 20.7 Å². The van der Waals surface area contributed by atoms with Gasteiger partial charge in [-0.3, -0.25) is 4.79 Å². The third-order valence-corrected chi connectivity index (χ3v) is 7.69. The summed E-state index contributed by atoms with van der Waals surface area (Å²) < 4.78 is 5.73. The van der Waals surface area contributed by atoms with Crippen LogP contribution in [0.4, 0.5) is 15.6 Å². The minimum atomic E-state index is -0.647. The highest BCUT2D eigenvalue weighted by Gasteiger charge is 2.29. The van der Waals surface area contributed by atoms with Crippen molar-refractivity contribution in [2.24, 2.45) is 5.73 Å². The van der Waals surface area contributed by atoms with Crippen molar-refractivity contribution in [3.05, 3.63) is 94.4 Å². The molecule has 0 unspecified atom stereocenters. The number of amides is 3. The van der Waals surface area contributed by atoms with E-state index in [1.54, 1.807) is 0 Å². The molecule has 0 bridgehead atoms. The Morgan fingerprint density at radius 1 is 1.08 bits per heavy atom. The van der Waals surface area contributed by atoms with Crippen LogP contribution in [0.2, 0.25) is 0 Å². The Morgan fingerprint density at radius 3 is 2.49 bits per heavy atom. The number of hydrogen-bond donors (Lipinski definition) is 2. The summed E-state index contributed by atoms with van der Waals surface area (Å²) in [7, 11) is 0. The molecule has 4 aromatic rings. The van der Waals surface area contributed by atoms with Gasteiger partial charge in [0.15, 0.2) is 5.13 Å². The van der Waals surface area contributed by atoms with Crippen molar-refractivity contribution in [1.82, 2.24) is 10.3 Å². The summed E-state index contributed by atoms with van der Waals surface area (Å²) in [5.74, 6) is 0.993. The molecule has 200 valence electrons. The predicted octanol–water partition coefficient (Wildman–Crippen LogP) is 6.93. The summed E-state index contributed by atoms with van der Waals surface area (Å²) >= 11 is 1.16. The van der Waals surface area contributed by atoms with Crippen LogP contribution in [0.1, 0.15) is 58.5 Å². The Labute approximate surface area is 232 Å². The van der Waals surface area contributed by atoms with E-state index in [4.69, 9.17) is 15.5 Å². The normalized spacial score (nSPS) is 12.7. The highest BCUT2D eigenvalue weighted by atomic mass is 32.1. The second-order valence-electron chi connectivity index (χ2n) is 9.71. The standard InChI is InChI=1S/C31H32N4O3S/c1-3-17-38-25-15-13-23(14-16-25)27-28(29(36)33-19-21-7-5-4-6-8-21)39-31(34-27)35(30(32)37)26-18-24(22-11-12-22)10-9-20(26)2/h4-10,13-16,18,22H,3,11-12,17,19H2,1-2H3,(H2,32,37)(H,33,36). The van der Waals surface area contributed by atoms with Crippen molar-refractivity contribution in [2.45, 2.75) is 45.6 Å². The van der Waals surface area contributed by atoms with Gasteiger partial charge in [-0.1, -0.05) is 60.7 Å². The molecule has 1 aliphatic carbocycles. The molecule has 0 spiro atoms. The van der Waals surface area contributed by atoms with Gasteiger partial charge in [0.05, 0.1) is 18.0 Å². The van der Waals surface area contributed by atoms with E-state index < -0.39 is 6.03 Å². The molecule has 0 radical (unpaired) electrons. The molecule has 7 nitrogen and oxygen atoms in total. The Balaban J connectivity index is 1.53. The Morgan fingerprint density at radius 2 is 1.82 bits per heavy atom. The second-order valence-corrected chi connectivity index (χ2v) is 10.7. The minimum absolute atomic E-state index is 0.267. The fourth-order valence-corrected chi connectivity index (χ4v) is 5.42. The van der Waals surface area contributed by atoms with Crippen molar-refractivity contribution in [1.29, 1.82) is 0 Å². The number of carbonyl (C=O) groups excluding carboxylic acids is 2. The quantitative estimate of drug-likeness (QED) is 0.228. The highest BCUT2D eigenvalue weighted by molar-refractivity contribution is 7.18. The van der Waals surface area contributed by atoms with Gasteiger partial charge in [-0.15, -0.1) is 0 Å². The van der Waals surface area contributed by atoms with Crippen molar-refractivity contribution < 1.29 is 14.3 Å². The molecule has 5 rings (SSSR count). The van der Waals surface area contributed by atoms with Gasteiger partial charge in [-0.25, -0.2) is 14.7 Å². The lowest BCUT2D eigenvalue weighted by Crippen LogP contribution is -2.32. The van der Waals surface area contributed by atoms with Gasteiger partial charge in [0.2, 0.25) is 0 Å². The van der Waals surface area contributed by atoms with Gasteiger partial charge in [-0.2, -0.15) is 0 Å². The summed E-state index contributed by atoms with van der Waals surface area (Å²) in [5, 5.41) is 3.35. The van der Waals surface area contributed by atoms with Crippen LogP contribution in [0.15, 0.2) is 72.8 Å². The maximum atomic E-state index is 13.5. The smallest absolute Gasteiger partial charge is 0.325 e. The molecule has 39 heavy (non-hydrogen) atoms. The molecule has 1 aromatic heterocycles. The molecule has 1 saturated carbocycles. The number of thiazole rings is 1. The summed E-state index contributed by atoms with van der Waals surface area (Å²) in [6.07, 6.45) is 3.20. The van der Waals surface area contributed by atoms with E-state index >= 15 is 0 Å². The van der Waals surface area contributed by atoms with Crippen molar-refractivity contribution in [3.8, 4) is 17.0 Å². The molecule has 0 atom stereocenters. The number of nitrogens with one attached hydrogen (secondary N) is 1. The van der Waals surface area contributed by atoms with Crippen LogP contribution >= 0.6 is 11.3 Å². The zero-order chi connectivity index (χ0) is 27.4. The first-order chi connectivity index (χ1) is 18.9. The van der Waals surface area contributed by atoms with Crippen LogP contribution in [-0.4, -0.2) is 23.5 Å². The largest absolute Gasteiger partial charge is 0.494 e. The Kier molecular flexibility index (Phi) is 7.93. The van der Waals surface area contributed by atoms with E-state index in [-0.39, 0.29) is 5.91 Å². The van der Waals surface area contributed by atoms with Crippen molar-refractivity contribution in [3.63, 3.8) is 0 Å². The monoisotopic (exact) mass is 540 g/mol. The number of ether oxygens (including phenoxy) is 1. The molecular formula is C31H32N4O3S. The van der Waals surface area contributed by atoms with Crippen LogP contribution in [0, 0.1) is 6.92 Å². The lowest BCUT2D eigenvalue weighted by molar-refractivity contribution is 0.0955. The van der Waals surface area contributed by atoms with Crippen LogP contribution in [0.3, 0.4) is 0 Å². The molecular weight excluding hydrogens is 508 g/mol. The number of carbonyl (C=O) groups is 2. The Hall–Kier alpha value is -4.17. The Bertz CT molecular complexity index is 1460. The zero-order valence-electron chi connectivity index (χ0n) is 22.1. The minimum Gasteiger partial charge on any atom is -0.494 e. The molecule has 3 amide bonds. The SMILES string of the molecule is CCCOc1ccc(-c2nc(N(C(N)=O)c3cc(C4CC4)ccc3C)sc2C(=O)NCc2ccccc2)cc1. The zero-order valence-corrected chi connectivity index (χ0v) is 23.0. The van der Waals surface area contributed by atoms with Gasteiger partial charge in [0, 0.05) is 12.1 Å². The lowest BCUT2D eigenvalue weighted by Gasteiger charge is -2.20. The number of aryl methyl sites for hydroxylation is 1. The number of urea groups is 1. The number of nitrogens with two attached hydrogens (primary N) is 1. The number of rotatable bonds is 10. The number of aromatic nitrogens is 1. The van der Waals surface area contributed by atoms with Crippen molar-refractivity contribution >= 4 is 34.1 Å². The van der Waals surface area contributed by atoms with Crippen molar-refractivity contribution in [2.75, 3.05) is 11.5 Å². The summed E-state index contributed by atoms with van der Waals surface area (Å²) in [5.41, 5.74) is 10.9. The molecule has 0 aliphatic heterocycles. The van der Waals surface area contributed by atoms with Gasteiger partial charge in [-0.05, 0) is 79.1 Å². The summed E-state index contributed by atoms with van der Waals surface area (Å²) in [6.45, 7) is 5.00. The third-order valence-electron chi connectivity index (χ3n) is 6.65. The van der Waals surface area contributed by atoms with Gasteiger partial charge >= 0.3 is 6.03 Å². The van der Waals surface area contributed by atoms with E-state index in [0.29, 0.717) is 40.5 Å². The summed E-state index contributed by atoms with van der Waals surface area (Å²) in [6, 6.07) is 22.7. The van der Waals surface area contributed by atoms with E-state index in [0.717, 1.165) is 53.0 Å². The lowest BCUT2D eigenvalue weighted by atomic mass is 10.1. The van der Waals surface area contributed by atoms with Gasteiger partial charge in [0.25, 0.3) is 5.91 Å². The summed E-state index contributed by atoms with van der Waals surface area (Å²) in [4.78, 5) is 33.0. The van der Waals surface area contributed by atoms with Crippen LogP contribution in [-0.2, 0) is 6.54 Å². The van der Waals surface area contributed by atoms with Crippen LogP contribution in [0.5, 0.6) is 5.75 Å². The predicted molar refractivity (Wildman–Crippen MR) is 156 cm³/mol. The number of hydrogen-bond acceptors (Lipinski definition) is 5. The molecule has 3 N–H and O–H groups in total. The molecule has 1 heterocycles. The first-order valence-corrected chi connectivity index (χ1v) is 14.0. The van der Waals surface area contributed by atoms with Gasteiger partial charge < -0.3 is 15.8 Å². The molecule has 0 saturated heterocycles. The van der Waals surface area contributed by atoms with E-state index in [2.05, 4.69) is 18.3 Å². The van der Waals surface area contributed by atoms with Crippen LogP contribution in [0.25, 0.3) is 11.3 Å². The first-order valence-electron chi connectivity index (χ1n) is 13.2. The molecule has 1 aliphatic rings. The number of anilines is 2. The second kappa shape index (κ2) is 11.7. The third kappa shape index (κ3) is 6.12. The molecule has 1 fully saturated rings. The fourth-order valence-electron chi connectivity index (χ4n) is 4.40. The van der Waals surface area contributed by atoms with E-state index in [9.17, 15) is 9.59 Å². The van der Waals surface area contributed by atoms with E-state index in [1.807, 2.05) is 73.7 Å². The topological polar surface area (TPSA) is 97.5 Å². The fraction of sp³-hybridized carbons (Fsp3) is 0.258. The molecule has 8 heteroatoms. The number of primary amides is 1. The highest BCUT2D eigenvalue weighted by Crippen LogP contribution is 2.43. The average Bonchev–Trinajstić information content (AvgIpc) is 3.71. The number of nitrogens with zero attached hydrogens (tertiary/aromatic N) is 2. The van der Waals surface area contributed by atoms with Gasteiger partial charge in [0.1, 0.15) is 10.6 Å². The maximum absolute atomic E-state index is 13.5.